The van der Waals surface area contributed by atoms with Crippen molar-refractivity contribution in [2.45, 2.75) is 6.92 Å². The Hall–Kier alpha value is -1.69. The molecule has 0 heterocycles. The first-order chi connectivity index (χ1) is 8.86. The molecule has 0 aromatic heterocycles. The highest BCUT2D eigenvalue weighted by Gasteiger charge is 2.20. The molecule has 0 aliphatic carbocycles. The zero-order valence-corrected chi connectivity index (χ0v) is 11.1. The van der Waals surface area contributed by atoms with Crippen LogP contribution >= 0.6 is 11.6 Å². The maximum Gasteiger partial charge on any atom is 0.325 e. The summed E-state index contributed by atoms with van der Waals surface area (Å²) in [5, 5.41) is -0.415. The monoisotopic (exact) mass is 291 g/mol. The lowest BCUT2D eigenvalue weighted by Gasteiger charge is -2.16. The molecule has 1 amide bonds. The number of benzene rings is 1. The van der Waals surface area contributed by atoms with E-state index in [-0.39, 0.29) is 13.2 Å². The number of likely N-dealkylation sites (N-methyl/N-ethyl adjacent to an activating group) is 1. The summed E-state index contributed by atoms with van der Waals surface area (Å²) in [6, 6.07) is 1.41. The molecule has 4 nitrogen and oxygen atoms in total. The molecule has 7 heteroatoms. The Morgan fingerprint density at radius 2 is 1.95 bits per heavy atom. The third-order valence-electron chi connectivity index (χ3n) is 2.26. The van der Waals surface area contributed by atoms with Gasteiger partial charge in [0.05, 0.1) is 17.2 Å². The normalized spacial score (nSPS) is 10.2. The van der Waals surface area contributed by atoms with Gasteiger partial charge in [0.1, 0.15) is 18.2 Å². The number of ether oxygens (including phenoxy) is 1. The molecule has 0 saturated heterocycles. The fraction of sp³-hybridized carbons (Fsp3) is 0.333. The van der Waals surface area contributed by atoms with E-state index >= 15 is 0 Å². The van der Waals surface area contributed by atoms with E-state index in [1.165, 1.54) is 7.05 Å². The van der Waals surface area contributed by atoms with Gasteiger partial charge in [-0.1, -0.05) is 11.6 Å². The zero-order chi connectivity index (χ0) is 14.6. The average Bonchev–Trinajstić information content (AvgIpc) is 2.33. The minimum Gasteiger partial charge on any atom is -0.465 e. The molecule has 0 bridgehead atoms. The van der Waals surface area contributed by atoms with Crippen LogP contribution in [0.4, 0.5) is 8.78 Å². The van der Waals surface area contributed by atoms with Crippen LogP contribution in [0.2, 0.25) is 5.02 Å². The standard InChI is InChI=1S/C12H12ClF2NO3/c1-3-19-11(17)6-16(2)12(18)7-4-10(15)8(13)5-9(7)14/h4-5H,3,6H2,1-2H3. The molecule has 0 fully saturated rings. The molecule has 0 radical (unpaired) electrons. The first-order valence-electron chi connectivity index (χ1n) is 5.42. The van der Waals surface area contributed by atoms with Crippen molar-refractivity contribution in [3.05, 3.63) is 34.4 Å². The molecule has 0 N–H and O–H groups in total. The van der Waals surface area contributed by atoms with Crippen LogP contribution in [0.5, 0.6) is 0 Å². The van der Waals surface area contributed by atoms with E-state index < -0.39 is 34.1 Å². The summed E-state index contributed by atoms with van der Waals surface area (Å²) < 4.78 is 31.4. The van der Waals surface area contributed by atoms with Gasteiger partial charge in [0.15, 0.2) is 0 Å². The molecule has 1 aromatic rings. The van der Waals surface area contributed by atoms with Gasteiger partial charge in [-0.25, -0.2) is 8.78 Å². The molecule has 0 spiro atoms. The van der Waals surface area contributed by atoms with Gasteiger partial charge < -0.3 is 9.64 Å². The maximum atomic E-state index is 13.5. The molecule has 0 atom stereocenters. The van der Waals surface area contributed by atoms with Crippen LogP contribution in [0, 0.1) is 11.6 Å². The molecular weight excluding hydrogens is 280 g/mol. The maximum absolute atomic E-state index is 13.5. The Morgan fingerprint density at radius 3 is 2.53 bits per heavy atom. The zero-order valence-electron chi connectivity index (χ0n) is 10.4. The molecular formula is C12H12ClF2NO3. The van der Waals surface area contributed by atoms with E-state index in [0.717, 1.165) is 4.90 Å². The second-order valence-corrected chi connectivity index (χ2v) is 4.12. The van der Waals surface area contributed by atoms with Crippen molar-refractivity contribution < 1.29 is 23.1 Å². The van der Waals surface area contributed by atoms with Gasteiger partial charge in [0.25, 0.3) is 5.91 Å². The summed E-state index contributed by atoms with van der Waals surface area (Å²) in [6.45, 7) is 1.44. The minimum atomic E-state index is -0.952. The van der Waals surface area contributed by atoms with E-state index in [1.54, 1.807) is 6.92 Å². The molecule has 1 rings (SSSR count). The van der Waals surface area contributed by atoms with Gasteiger partial charge in [0, 0.05) is 7.05 Å². The summed E-state index contributed by atoms with van der Waals surface area (Å²) in [5.74, 6) is -3.32. The topological polar surface area (TPSA) is 46.6 Å². The van der Waals surface area contributed by atoms with Crippen molar-refractivity contribution in [1.29, 1.82) is 0 Å². The van der Waals surface area contributed by atoms with Crippen molar-refractivity contribution in [1.82, 2.24) is 4.90 Å². The van der Waals surface area contributed by atoms with E-state index in [1.807, 2.05) is 0 Å². The number of halogens is 3. The van der Waals surface area contributed by atoms with Crippen molar-refractivity contribution >= 4 is 23.5 Å². The third-order valence-corrected chi connectivity index (χ3v) is 2.55. The predicted molar refractivity (Wildman–Crippen MR) is 65.0 cm³/mol. The number of rotatable bonds is 4. The van der Waals surface area contributed by atoms with Gasteiger partial charge in [-0.15, -0.1) is 0 Å². The van der Waals surface area contributed by atoms with E-state index in [0.29, 0.717) is 12.1 Å². The average molecular weight is 292 g/mol. The summed E-state index contributed by atoms with van der Waals surface area (Å²) in [5.41, 5.74) is -0.492. The first kappa shape index (κ1) is 15.4. The van der Waals surface area contributed by atoms with E-state index in [9.17, 15) is 18.4 Å². The molecule has 0 unspecified atom stereocenters. The summed E-state index contributed by atoms with van der Waals surface area (Å²) in [4.78, 5) is 24.0. The van der Waals surface area contributed by atoms with E-state index in [4.69, 9.17) is 11.6 Å². The predicted octanol–water partition coefficient (Wildman–Crippen LogP) is 2.25. The smallest absolute Gasteiger partial charge is 0.325 e. The van der Waals surface area contributed by atoms with Gasteiger partial charge in [-0.2, -0.15) is 0 Å². The van der Waals surface area contributed by atoms with Crippen LogP contribution < -0.4 is 0 Å². The fourth-order valence-electron chi connectivity index (χ4n) is 1.36. The summed E-state index contributed by atoms with van der Waals surface area (Å²) in [6.07, 6.45) is 0. The molecule has 0 saturated carbocycles. The van der Waals surface area contributed by atoms with Crippen LogP contribution in [0.25, 0.3) is 0 Å². The molecule has 1 aromatic carbocycles. The lowest BCUT2D eigenvalue weighted by molar-refractivity contribution is -0.143. The van der Waals surface area contributed by atoms with Gasteiger partial charge in [-0.3, -0.25) is 9.59 Å². The third kappa shape index (κ3) is 3.89. The largest absolute Gasteiger partial charge is 0.465 e. The second-order valence-electron chi connectivity index (χ2n) is 3.71. The van der Waals surface area contributed by atoms with Crippen LogP contribution in [0.15, 0.2) is 12.1 Å². The number of esters is 1. The lowest BCUT2D eigenvalue weighted by atomic mass is 10.2. The quantitative estimate of drug-likeness (QED) is 0.631. The fourth-order valence-corrected chi connectivity index (χ4v) is 1.51. The SMILES string of the molecule is CCOC(=O)CN(C)C(=O)c1cc(F)c(Cl)cc1F. The van der Waals surface area contributed by atoms with Crippen molar-refractivity contribution in [3.63, 3.8) is 0 Å². The molecule has 104 valence electrons. The van der Waals surface area contributed by atoms with Gasteiger partial charge in [-0.05, 0) is 19.1 Å². The molecule has 19 heavy (non-hydrogen) atoms. The number of amides is 1. The van der Waals surface area contributed by atoms with Gasteiger partial charge in [0.2, 0.25) is 0 Å². The Kier molecular flexibility index (Phi) is 5.23. The lowest BCUT2D eigenvalue weighted by Crippen LogP contribution is -2.33. The number of carbonyl (C=O) groups is 2. The Morgan fingerprint density at radius 1 is 1.32 bits per heavy atom. The van der Waals surface area contributed by atoms with Crippen molar-refractivity contribution in [2.24, 2.45) is 0 Å². The summed E-state index contributed by atoms with van der Waals surface area (Å²) >= 11 is 5.38. The highest BCUT2D eigenvalue weighted by atomic mass is 35.5. The molecule has 0 aliphatic rings. The number of nitrogens with zero attached hydrogens (tertiary/aromatic N) is 1. The van der Waals surface area contributed by atoms with Crippen molar-refractivity contribution in [3.8, 4) is 0 Å². The highest BCUT2D eigenvalue weighted by Crippen LogP contribution is 2.20. The second kappa shape index (κ2) is 6.47. The van der Waals surface area contributed by atoms with Crippen molar-refractivity contribution in [2.75, 3.05) is 20.2 Å². The minimum absolute atomic E-state index is 0.171. The number of hydrogen-bond acceptors (Lipinski definition) is 3. The van der Waals surface area contributed by atoms with Crippen LogP contribution in [-0.4, -0.2) is 37.0 Å². The van der Waals surface area contributed by atoms with Crippen LogP contribution in [-0.2, 0) is 9.53 Å². The Bertz CT molecular complexity index is 508. The summed E-state index contributed by atoms with van der Waals surface area (Å²) in [7, 11) is 1.28. The van der Waals surface area contributed by atoms with Crippen LogP contribution in [0.3, 0.4) is 0 Å². The number of hydrogen-bond donors (Lipinski definition) is 0. The Balaban J connectivity index is 2.88. The Labute approximate surface area is 113 Å². The highest BCUT2D eigenvalue weighted by molar-refractivity contribution is 6.30. The van der Waals surface area contributed by atoms with Gasteiger partial charge >= 0.3 is 5.97 Å². The number of carbonyl (C=O) groups excluding carboxylic acids is 2. The van der Waals surface area contributed by atoms with E-state index in [2.05, 4.69) is 4.74 Å². The first-order valence-corrected chi connectivity index (χ1v) is 5.80. The molecule has 0 aliphatic heterocycles. The van der Waals surface area contributed by atoms with Crippen LogP contribution in [0.1, 0.15) is 17.3 Å².